The topological polar surface area (TPSA) is 101 Å². The Morgan fingerprint density at radius 2 is 1.05 bits per heavy atom. The second-order valence-electron chi connectivity index (χ2n) is 4.48. The maximum atomic E-state index is 11.6. The van der Waals surface area contributed by atoms with Gasteiger partial charge in [0.25, 0.3) is 0 Å². The first kappa shape index (κ1) is 12.4. The summed E-state index contributed by atoms with van der Waals surface area (Å²) in [5.41, 5.74) is 0. The lowest BCUT2D eigenvalue weighted by molar-refractivity contribution is -0.122. The van der Waals surface area contributed by atoms with Crippen molar-refractivity contribution in [3.8, 4) is 0 Å². The molecular formula is C12H10N4O4. The summed E-state index contributed by atoms with van der Waals surface area (Å²) in [6.07, 6.45) is 3.04. The third kappa shape index (κ3) is 1.85. The molecule has 0 radical (unpaired) electrons. The highest BCUT2D eigenvalue weighted by molar-refractivity contribution is 6.20. The van der Waals surface area contributed by atoms with E-state index in [2.05, 4.69) is 9.97 Å². The van der Waals surface area contributed by atoms with Gasteiger partial charge in [0.15, 0.2) is 11.6 Å². The monoisotopic (exact) mass is 274 g/mol. The van der Waals surface area contributed by atoms with Gasteiger partial charge in [-0.05, 0) is 0 Å². The molecule has 0 atom stereocenters. The Balaban J connectivity index is 1.98. The van der Waals surface area contributed by atoms with E-state index in [1.807, 2.05) is 0 Å². The van der Waals surface area contributed by atoms with Gasteiger partial charge in [-0.2, -0.15) is 0 Å². The van der Waals surface area contributed by atoms with Gasteiger partial charge in [0, 0.05) is 25.7 Å². The molecule has 0 spiro atoms. The molecule has 20 heavy (non-hydrogen) atoms. The van der Waals surface area contributed by atoms with Crippen molar-refractivity contribution in [2.75, 3.05) is 9.80 Å². The maximum Gasteiger partial charge on any atom is 0.235 e. The molecule has 0 N–H and O–H groups in total. The summed E-state index contributed by atoms with van der Waals surface area (Å²) in [6.45, 7) is 0. The average Bonchev–Trinajstić information content (AvgIpc) is 2.93. The number of hydrogen-bond acceptors (Lipinski definition) is 6. The summed E-state index contributed by atoms with van der Waals surface area (Å²) < 4.78 is 0. The summed E-state index contributed by atoms with van der Waals surface area (Å²) in [5.74, 6) is -1.35. The van der Waals surface area contributed by atoms with Crippen LogP contribution in [0.3, 0.4) is 0 Å². The fourth-order valence-corrected chi connectivity index (χ4v) is 2.23. The number of nitrogens with zero attached hydrogens (tertiary/aromatic N) is 4. The molecule has 2 saturated heterocycles. The molecule has 0 saturated carbocycles. The smallest absolute Gasteiger partial charge is 0.235 e. The van der Waals surface area contributed by atoms with Gasteiger partial charge in [-0.3, -0.25) is 24.2 Å². The summed E-state index contributed by atoms with van der Waals surface area (Å²) in [6, 6.07) is 0. The molecule has 3 rings (SSSR count). The Morgan fingerprint density at radius 3 is 1.40 bits per heavy atom. The van der Waals surface area contributed by atoms with E-state index in [9.17, 15) is 19.2 Å². The molecule has 0 unspecified atom stereocenters. The van der Waals surface area contributed by atoms with E-state index in [0.717, 1.165) is 9.80 Å². The second-order valence-corrected chi connectivity index (χ2v) is 4.48. The van der Waals surface area contributed by atoms with Crippen LogP contribution < -0.4 is 9.80 Å². The van der Waals surface area contributed by atoms with Crippen molar-refractivity contribution < 1.29 is 19.2 Å². The largest absolute Gasteiger partial charge is 0.274 e. The predicted octanol–water partition coefficient (Wildman–Crippen LogP) is -0.217. The van der Waals surface area contributed by atoms with Gasteiger partial charge in [0.1, 0.15) is 0 Å². The zero-order valence-electron chi connectivity index (χ0n) is 10.4. The van der Waals surface area contributed by atoms with Crippen LogP contribution in [0, 0.1) is 0 Å². The van der Waals surface area contributed by atoms with Gasteiger partial charge in [0.2, 0.25) is 23.6 Å². The third-order valence-electron chi connectivity index (χ3n) is 3.17. The standard InChI is InChI=1S/C12H10N4O4/c17-9-1-2-10(18)15(9)7-5-13-6-8(14-7)16-11(19)3-4-12(16)20/h5-6H,1-4H2. The van der Waals surface area contributed by atoms with E-state index in [4.69, 9.17) is 0 Å². The van der Waals surface area contributed by atoms with Crippen molar-refractivity contribution in [2.24, 2.45) is 0 Å². The Hall–Kier alpha value is -2.64. The van der Waals surface area contributed by atoms with E-state index in [1.165, 1.54) is 12.4 Å². The van der Waals surface area contributed by atoms with Crippen molar-refractivity contribution in [1.82, 2.24) is 9.97 Å². The first-order valence-electron chi connectivity index (χ1n) is 6.11. The molecule has 4 amide bonds. The molecule has 2 fully saturated rings. The summed E-state index contributed by atoms with van der Waals surface area (Å²) in [4.78, 5) is 56.3. The van der Waals surface area contributed by atoms with Gasteiger partial charge in [-0.25, -0.2) is 14.8 Å². The van der Waals surface area contributed by atoms with Crippen LogP contribution in [0.25, 0.3) is 0 Å². The maximum absolute atomic E-state index is 11.6. The van der Waals surface area contributed by atoms with Crippen LogP contribution in [0.1, 0.15) is 25.7 Å². The zero-order valence-corrected chi connectivity index (χ0v) is 10.4. The minimum Gasteiger partial charge on any atom is -0.274 e. The number of carbonyl (C=O) groups excluding carboxylic acids is 4. The molecule has 0 aliphatic carbocycles. The van der Waals surface area contributed by atoms with Crippen LogP contribution in [-0.4, -0.2) is 33.6 Å². The van der Waals surface area contributed by atoms with Crippen molar-refractivity contribution in [2.45, 2.75) is 25.7 Å². The number of anilines is 2. The van der Waals surface area contributed by atoms with Gasteiger partial charge in [0.05, 0.1) is 12.4 Å². The van der Waals surface area contributed by atoms with Gasteiger partial charge in [-0.1, -0.05) is 0 Å². The quantitative estimate of drug-likeness (QED) is 0.691. The van der Waals surface area contributed by atoms with Crippen LogP contribution in [0.4, 0.5) is 11.6 Å². The lowest BCUT2D eigenvalue weighted by atomic mass is 10.4. The lowest BCUT2D eigenvalue weighted by Gasteiger charge is -2.16. The average molecular weight is 274 g/mol. The van der Waals surface area contributed by atoms with Crippen LogP contribution >= 0.6 is 0 Å². The van der Waals surface area contributed by atoms with Crippen LogP contribution in [0.5, 0.6) is 0 Å². The molecule has 1 aromatic heterocycles. The summed E-state index contributed by atoms with van der Waals surface area (Å²) >= 11 is 0. The van der Waals surface area contributed by atoms with E-state index in [-0.39, 0.29) is 60.9 Å². The highest BCUT2D eigenvalue weighted by Gasteiger charge is 2.34. The molecular weight excluding hydrogens is 264 g/mol. The second kappa shape index (κ2) is 4.48. The SMILES string of the molecule is O=C1CCC(=O)N1c1cncc(N2C(=O)CCC2=O)n1. The van der Waals surface area contributed by atoms with E-state index < -0.39 is 0 Å². The molecule has 8 heteroatoms. The van der Waals surface area contributed by atoms with E-state index in [0.29, 0.717) is 0 Å². The van der Waals surface area contributed by atoms with Gasteiger partial charge < -0.3 is 0 Å². The third-order valence-corrected chi connectivity index (χ3v) is 3.17. The number of aromatic nitrogens is 2. The normalized spacial score (nSPS) is 19.4. The van der Waals surface area contributed by atoms with Crippen LogP contribution in [0.2, 0.25) is 0 Å². The minimum absolute atomic E-state index is 0.0440. The number of amides is 4. The van der Waals surface area contributed by atoms with Crippen molar-refractivity contribution in [3.05, 3.63) is 12.4 Å². The van der Waals surface area contributed by atoms with Crippen LogP contribution in [0.15, 0.2) is 12.4 Å². The Labute approximate surface area is 113 Å². The molecule has 0 bridgehead atoms. The molecule has 1 aromatic rings. The molecule has 102 valence electrons. The highest BCUT2D eigenvalue weighted by Crippen LogP contribution is 2.24. The Kier molecular flexibility index (Phi) is 2.78. The molecule has 8 nitrogen and oxygen atoms in total. The first-order valence-corrected chi connectivity index (χ1v) is 6.11. The number of rotatable bonds is 2. The molecule has 2 aliphatic heterocycles. The highest BCUT2D eigenvalue weighted by atomic mass is 16.2. The summed E-state index contributed by atoms with van der Waals surface area (Å²) in [7, 11) is 0. The van der Waals surface area contributed by atoms with E-state index in [1.54, 1.807) is 0 Å². The van der Waals surface area contributed by atoms with Crippen LogP contribution in [-0.2, 0) is 19.2 Å². The molecule has 0 aromatic carbocycles. The first-order chi connectivity index (χ1) is 9.58. The molecule has 3 heterocycles. The number of imide groups is 2. The summed E-state index contributed by atoms with van der Waals surface area (Å²) in [5, 5.41) is 0. The molecule has 2 aliphatic rings. The lowest BCUT2D eigenvalue weighted by Crippen LogP contribution is -2.32. The Morgan fingerprint density at radius 1 is 0.700 bits per heavy atom. The predicted molar refractivity (Wildman–Crippen MR) is 65.5 cm³/mol. The fourth-order valence-electron chi connectivity index (χ4n) is 2.23. The van der Waals surface area contributed by atoms with E-state index >= 15 is 0 Å². The van der Waals surface area contributed by atoms with Gasteiger partial charge >= 0.3 is 0 Å². The Bertz CT molecular complexity index is 559. The van der Waals surface area contributed by atoms with Crippen molar-refractivity contribution in [1.29, 1.82) is 0 Å². The minimum atomic E-state index is -0.361. The van der Waals surface area contributed by atoms with Crippen molar-refractivity contribution in [3.63, 3.8) is 0 Å². The fraction of sp³-hybridized carbons (Fsp3) is 0.333. The zero-order chi connectivity index (χ0) is 14.3. The number of hydrogen-bond donors (Lipinski definition) is 0. The van der Waals surface area contributed by atoms with Gasteiger partial charge in [-0.15, -0.1) is 0 Å². The number of carbonyl (C=O) groups is 4. The van der Waals surface area contributed by atoms with Crippen molar-refractivity contribution >= 4 is 35.3 Å².